The van der Waals surface area contributed by atoms with E-state index in [2.05, 4.69) is 10.3 Å². The number of nitrogens with one attached hydrogen (secondary N) is 1. The minimum atomic E-state index is -0.454. The van der Waals surface area contributed by atoms with Crippen LogP contribution >= 0.6 is 0 Å². The number of nitrogens with zero attached hydrogens (tertiary/aromatic N) is 3. The Bertz CT molecular complexity index is 1170. The highest BCUT2D eigenvalue weighted by molar-refractivity contribution is 6.00. The Balaban J connectivity index is 1.55. The number of hydrogen-bond acceptors (Lipinski definition) is 6. The van der Waals surface area contributed by atoms with Crippen molar-refractivity contribution in [1.29, 1.82) is 0 Å². The van der Waals surface area contributed by atoms with Gasteiger partial charge in [0.25, 0.3) is 11.5 Å². The first-order chi connectivity index (χ1) is 15.1. The van der Waals surface area contributed by atoms with Gasteiger partial charge in [0.2, 0.25) is 5.91 Å². The number of morpholine rings is 1. The van der Waals surface area contributed by atoms with Gasteiger partial charge in [0, 0.05) is 19.3 Å². The van der Waals surface area contributed by atoms with Gasteiger partial charge in [0.15, 0.2) is 5.65 Å². The molecule has 0 atom stereocenters. The van der Waals surface area contributed by atoms with E-state index in [0.29, 0.717) is 37.6 Å². The Hall–Kier alpha value is -3.72. The molecule has 3 aromatic rings. The molecule has 160 valence electrons. The number of ether oxygens (including phenoxy) is 2. The molecule has 0 bridgehead atoms. The zero-order chi connectivity index (χ0) is 21.8. The van der Waals surface area contributed by atoms with Crippen LogP contribution in [0.25, 0.3) is 5.65 Å². The molecule has 0 aliphatic carbocycles. The summed E-state index contributed by atoms with van der Waals surface area (Å²) >= 11 is 0. The van der Waals surface area contributed by atoms with Gasteiger partial charge in [-0.15, -0.1) is 0 Å². The highest BCUT2D eigenvalue weighted by atomic mass is 16.5. The Morgan fingerprint density at radius 3 is 2.61 bits per heavy atom. The highest BCUT2D eigenvalue weighted by Gasteiger charge is 2.22. The quantitative estimate of drug-likeness (QED) is 0.666. The number of anilines is 1. The summed E-state index contributed by atoms with van der Waals surface area (Å²) in [6.45, 7) is 1.94. The lowest BCUT2D eigenvalue weighted by atomic mass is 10.1. The van der Waals surface area contributed by atoms with E-state index in [0.717, 1.165) is 5.56 Å². The van der Waals surface area contributed by atoms with Crippen molar-refractivity contribution in [1.82, 2.24) is 14.3 Å². The monoisotopic (exact) mass is 422 g/mol. The highest BCUT2D eigenvalue weighted by Crippen LogP contribution is 2.14. The molecule has 9 heteroatoms. The lowest BCUT2D eigenvalue weighted by molar-refractivity contribution is -0.115. The number of hydrogen-bond donors (Lipinski definition) is 1. The number of pyridine rings is 1. The molecule has 1 aromatic carbocycles. The van der Waals surface area contributed by atoms with E-state index in [1.165, 1.54) is 16.8 Å². The van der Waals surface area contributed by atoms with Crippen LogP contribution in [0.2, 0.25) is 0 Å². The van der Waals surface area contributed by atoms with Crippen LogP contribution in [0, 0.1) is 0 Å². The van der Waals surface area contributed by atoms with E-state index < -0.39 is 5.56 Å². The lowest BCUT2D eigenvalue weighted by Crippen LogP contribution is -2.41. The second kappa shape index (κ2) is 8.97. The second-order valence-corrected chi connectivity index (χ2v) is 7.07. The molecule has 2 aromatic heterocycles. The smallest absolute Gasteiger partial charge is 0.281 e. The SMILES string of the molecule is COc1ccc(CC(=O)Nc2cnc3c(C(=O)N4CCOCC4)cccn3c2=O)cc1. The van der Waals surface area contributed by atoms with Gasteiger partial charge in [-0.2, -0.15) is 0 Å². The molecule has 0 unspecified atom stereocenters. The summed E-state index contributed by atoms with van der Waals surface area (Å²) in [6, 6.07) is 10.4. The molecule has 0 spiro atoms. The molecule has 2 amide bonds. The summed E-state index contributed by atoms with van der Waals surface area (Å²) in [4.78, 5) is 44.2. The maximum Gasteiger partial charge on any atom is 0.281 e. The Morgan fingerprint density at radius 1 is 1.16 bits per heavy atom. The molecule has 4 rings (SSSR count). The van der Waals surface area contributed by atoms with Gasteiger partial charge in [-0.05, 0) is 29.8 Å². The molecule has 3 heterocycles. The first kappa shape index (κ1) is 20.5. The summed E-state index contributed by atoms with van der Waals surface area (Å²) in [7, 11) is 1.57. The first-order valence-corrected chi connectivity index (χ1v) is 9.87. The van der Waals surface area contributed by atoms with E-state index in [4.69, 9.17) is 9.47 Å². The molecule has 1 fully saturated rings. The van der Waals surface area contributed by atoms with Crippen molar-refractivity contribution in [2.75, 3.05) is 38.7 Å². The van der Waals surface area contributed by atoms with Gasteiger partial charge in [-0.1, -0.05) is 12.1 Å². The standard InChI is InChI=1S/C22H22N4O5/c1-30-16-6-4-15(5-7-16)13-19(27)24-18-14-23-20-17(3-2-8-26(20)22(18)29)21(28)25-9-11-31-12-10-25/h2-8,14H,9-13H2,1H3,(H,24,27). The van der Waals surface area contributed by atoms with Gasteiger partial charge in [0.1, 0.15) is 11.4 Å². The zero-order valence-electron chi connectivity index (χ0n) is 17.0. The Morgan fingerprint density at radius 2 is 1.90 bits per heavy atom. The molecule has 0 radical (unpaired) electrons. The summed E-state index contributed by atoms with van der Waals surface area (Å²) < 4.78 is 11.7. The topological polar surface area (TPSA) is 102 Å². The van der Waals surface area contributed by atoms with E-state index in [1.807, 2.05) is 0 Å². The van der Waals surface area contributed by atoms with Gasteiger partial charge in [-0.25, -0.2) is 4.98 Å². The van der Waals surface area contributed by atoms with Crippen molar-refractivity contribution in [3.63, 3.8) is 0 Å². The van der Waals surface area contributed by atoms with Crippen LogP contribution in [0.4, 0.5) is 5.69 Å². The number of carbonyl (C=O) groups is 2. The van der Waals surface area contributed by atoms with E-state index in [9.17, 15) is 14.4 Å². The number of fused-ring (bicyclic) bond motifs is 1. The third-order valence-corrected chi connectivity index (χ3v) is 5.06. The van der Waals surface area contributed by atoms with Gasteiger partial charge >= 0.3 is 0 Å². The summed E-state index contributed by atoms with van der Waals surface area (Å²) in [5.41, 5.74) is 0.956. The predicted octanol–water partition coefficient (Wildman–Crippen LogP) is 1.36. The van der Waals surface area contributed by atoms with Crippen molar-refractivity contribution in [3.05, 3.63) is 70.3 Å². The molecule has 9 nitrogen and oxygen atoms in total. The average molecular weight is 422 g/mol. The number of benzene rings is 1. The predicted molar refractivity (Wildman–Crippen MR) is 114 cm³/mol. The molecular weight excluding hydrogens is 400 g/mol. The fraction of sp³-hybridized carbons (Fsp3) is 0.273. The Kier molecular flexibility index (Phi) is 5.94. The van der Waals surface area contributed by atoms with Crippen LogP contribution in [0.1, 0.15) is 15.9 Å². The third-order valence-electron chi connectivity index (χ3n) is 5.06. The van der Waals surface area contributed by atoms with Gasteiger partial charge < -0.3 is 19.7 Å². The number of carbonyl (C=O) groups excluding carboxylic acids is 2. The van der Waals surface area contributed by atoms with Crippen LogP contribution < -0.4 is 15.6 Å². The molecule has 1 aliphatic rings. The van der Waals surface area contributed by atoms with Crippen molar-refractivity contribution in [2.45, 2.75) is 6.42 Å². The molecule has 1 saturated heterocycles. The van der Waals surface area contributed by atoms with Crippen LogP contribution in [-0.2, 0) is 16.0 Å². The van der Waals surface area contributed by atoms with Crippen LogP contribution in [0.3, 0.4) is 0 Å². The molecule has 1 aliphatic heterocycles. The minimum Gasteiger partial charge on any atom is -0.497 e. The van der Waals surface area contributed by atoms with Crippen molar-refractivity contribution in [2.24, 2.45) is 0 Å². The molecule has 31 heavy (non-hydrogen) atoms. The zero-order valence-corrected chi connectivity index (χ0v) is 17.0. The fourth-order valence-electron chi connectivity index (χ4n) is 3.42. The summed E-state index contributed by atoms with van der Waals surface area (Å²) in [6.07, 6.45) is 2.92. The summed E-state index contributed by atoms with van der Waals surface area (Å²) in [5, 5.41) is 2.61. The molecule has 0 saturated carbocycles. The summed E-state index contributed by atoms with van der Waals surface area (Å²) in [5.74, 6) is 0.151. The van der Waals surface area contributed by atoms with Crippen LogP contribution in [0.15, 0.2) is 53.6 Å². The van der Waals surface area contributed by atoms with Gasteiger partial charge in [0.05, 0.1) is 38.5 Å². The van der Waals surface area contributed by atoms with Crippen LogP contribution in [0.5, 0.6) is 5.75 Å². The van der Waals surface area contributed by atoms with E-state index in [-0.39, 0.29) is 29.6 Å². The van der Waals surface area contributed by atoms with Crippen LogP contribution in [-0.4, -0.2) is 59.5 Å². The molecule has 1 N–H and O–H groups in total. The van der Waals surface area contributed by atoms with E-state index in [1.54, 1.807) is 48.4 Å². The number of methoxy groups -OCH3 is 1. The van der Waals surface area contributed by atoms with Crippen molar-refractivity contribution < 1.29 is 19.1 Å². The first-order valence-electron chi connectivity index (χ1n) is 9.87. The number of rotatable bonds is 5. The fourth-order valence-corrected chi connectivity index (χ4v) is 3.42. The van der Waals surface area contributed by atoms with Crippen molar-refractivity contribution in [3.8, 4) is 5.75 Å². The van der Waals surface area contributed by atoms with Crippen molar-refractivity contribution >= 4 is 23.1 Å². The van der Waals surface area contributed by atoms with E-state index >= 15 is 0 Å². The lowest BCUT2D eigenvalue weighted by Gasteiger charge is -2.27. The normalized spacial score (nSPS) is 13.8. The number of aromatic nitrogens is 2. The maximum absolute atomic E-state index is 12.9. The minimum absolute atomic E-state index is 0.0481. The average Bonchev–Trinajstić information content (AvgIpc) is 2.81. The maximum atomic E-state index is 12.9. The second-order valence-electron chi connectivity index (χ2n) is 7.07. The largest absolute Gasteiger partial charge is 0.497 e. The Labute approximate surface area is 178 Å². The van der Waals surface area contributed by atoms with Gasteiger partial charge in [-0.3, -0.25) is 18.8 Å². The third kappa shape index (κ3) is 4.41. The molecular formula is C22H22N4O5. The number of amides is 2.